The minimum Gasteiger partial charge on any atom is -0.324 e. The van der Waals surface area contributed by atoms with E-state index in [9.17, 15) is 26.4 Å². The quantitative estimate of drug-likeness (QED) is 0.755. The summed E-state index contributed by atoms with van der Waals surface area (Å²) in [5, 5.41) is 2.43. The molecule has 0 heterocycles. The van der Waals surface area contributed by atoms with Gasteiger partial charge in [-0.05, 0) is 43.7 Å². The van der Waals surface area contributed by atoms with Crippen LogP contribution in [-0.2, 0) is 21.0 Å². The Bertz CT molecular complexity index is 994. The van der Waals surface area contributed by atoms with E-state index in [0.717, 1.165) is 22.7 Å². The van der Waals surface area contributed by atoms with Crippen molar-refractivity contribution in [3.05, 3.63) is 58.6 Å². The third kappa shape index (κ3) is 4.96. The van der Waals surface area contributed by atoms with Crippen LogP contribution in [0.1, 0.15) is 18.1 Å². The molecule has 0 bridgehead atoms. The third-order valence-corrected chi connectivity index (χ3v) is 5.45. The highest BCUT2D eigenvalue weighted by Gasteiger charge is 2.35. The first kappa shape index (κ1) is 22.0. The fourth-order valence-electron chi connectivity index (χ4n) is 2.68. The van der Waals surface area contributed by atoms with Crippen LogP contribution >= 0.6 is 11.6 Å². The van der Waals surface area contributed by atoms with Crippen molar-refractivity contribution in [2.75, 3.05) is 15.9 Å². The van der Waals surface area contributed by atoms with Gasteiger partial charge in [0.15, 0.2) is 0 Å². The van der Waals surface area contributed by atoms with Gasteiger partial charge < -0.3 is 5.32 Å². The molecule has 0 aliphatic rings. The molecule has 0 radical (unpaired) electrons. The highest BCUT2D eigenvalue weighted by molar-refractivity contribution is 7.92. The van der Waals surface area contributed by atoms with E-state index < -0.39 is 39.4 Å². The summed E-state index contributed by atoms with van der Waals surface area (Å²) in [7, 11) is -3.94. The number of hydrogen-bond acceptors (Lipinski definition) is 3. The first-order valence-corrected chi connectivity index (χ1v) is 10.3. The molecule has 5 nitrogen and oxygen atoms in total. The summed E-state index contributed by atoms with van der Waals surface area (Å²) in [5.74, 6) is -0.915. The SMILES string of the molecule is Cc1ccc(Cl)cc1N(C(C)C(=O)Nc1ccccc1C(F)(F)F)S(C)(=O)=O. The van der Waals surface area contributed by atoms with Crippen LogP contribution in [-0.4, -0.2) is 26.6 Å². The topological polar surface area (TPSA) is 66.5 Å². The molecule has 0 aliphatic heterocycles. The molecule has 1 amide bonds. The molecule has 0 fully saturated rings. The van der Waals surface area contributed by atoms with Gasteiger partial charge in [0.1, 0.15) is 6.04 Å². The predicted molar refractivity (Wildman–Crippen MR) is 103 cm³/mol. The monoisotopic (exact) mass is 434 g/mol. The molecule has 0 saturated carbocycles. The van der Waals surface area contributed by atoms with Gasteiger partial charge in [0.2, 0.25) is 15.9 Å². The number of aryl methyl sites for hydroxylation is 1. The number of benzene rings is 2. The highest BCUT2D eigenvalue weighted by Crippen LogP contribution is 2.35. The van der Waals surface area contributed by atoms with E-state index >= 15 is 0 Å². The summed E-state index contributed by atoms with van der Waals surface area (Å²) in [5.41, 5.74) is -0.782. The van der Waals surface area contributed by atoms with Crippen LogP contribution in [0.2, 0.25) is 5.02 Å². The second kappa shape index (κ2) is 8.00. The summed E-state index contributed by atoms with van der Waals surface area (Å²) in [6.45, 7) is 2.92. The Hall–Kier alpha value is -2.26. The van der Waals surface area contributed by atoms with Crippen molar-refractivity contribution in [1.29, 1.82) is 0 Å². The van der Waals surface area contributed by atoms with Crippen LogP contribution in [0, 0.1) is 6.92 Å². The van der Waals surface area contributed by atoms with Gasteiger partial charge in [0.05, 0.1) is 23.2 Å². The second-order valence-corrected chi connectivity index (χ2v) is 8.49. The van der Waals surface area contributed by atoms with Crippen molar-refractivity contribution in [2.24, 2.45) is 0 Å². The van der Waals surface area contributed by atoms with Crippen molar-refractivity contribution in [1.82, 2.24) is 0 Å². The lowest BCUT2D eigenvalue weighted by molar-refractivity contribution is -0.137. The molecule has 2 aromatic carbocycles. The summed E-state index contributed by atoms with van der Waals surface area (Å²) in [4.78, 5) is 12.6. The molecule has 1 N–H and O–H groups in total. The van der Waals surface area contributed by atoms with Crippen molar-refractivity contribution >= 4 is 38.9 Å². The van der Waals surface area contributed by atoms with E-state index in [-0.39, 0.29) is 10.7 Å². The maximum Gasteiger partial charge on any atom is 0.418 e. The lowest BCUT2D eigenvalue weighted by Gasteiger charge is -2.30. The summed E-state index contributed by atoms with van der Waals surface area (Å²) >= 11 is 5.95. The van der Waals surface area contributed by atoms with E-state index in [4.69, 9.17) is 11.6 Å². The van der Waals surface area contributed by atoms with Crippen LogP contribution < -0.4 is 9.62 Å². The normalized spacial score (nSPS) is 13.1. The minimum absolute atomic E-state index is 0.168. The zero-order chi connectivity index (χ0) is 21.3. The Kier molecular flexibility index (Phi) is 6.30. The van der Waals surface area contributed by atoms with Gasteiger partial charge in [-0.1, -0.05) is 29.8 Å². The standard InChI is InChI=1S/C18H18ClF3N2O3S/c1-11-8-9-13(19)10-16(11)24(28(3,26)27)12(2)17(25)23-15-7-5-4-6-14(15)18(20,21)22/h4-10,12H,1-3H3,(H,23,25). The summed E-state index contributed by atoms with van der Waals surface area (Å²) in [6.07, 6.45) is -3.77. The second-order valence-electron chi connectivity index (χ2n) is 6.20. The molecule has 10 heteroatoms. The average molecular weight is 435 g/mol. The Morgan fingerprint density at radius 2 is 1.79 bits per heavy atom. The molecule has 0 aromatic heterocycles. The Morgan fingerprint density at radius 1 is 1.18 bits per heavy atom. The maximum absolute atomic E-state index is 13.1. The van der Waals surface area contributed by atoms with Gasteiger partial charge in [0.25, 0.3) is 0 Å². The van der Waals surface area contributed by atoms with Gasteiger partial charge in [-0.15, -0.1) is 0 Å². The molecule has 2 rings (SSSR count). The van der Waals surface area contributed by atoms with Crippen molar-refractivity contribution in [2.45, 2.75) is 26.1 Å². The zero-order valence-corrected chi connectivity index (χ0v) is 16.8. The van der Waals surface area contributed by atoms with Crippen molar-refractivity contribution in [3.8, 4) is 0 Å². The molecule has 1 atom stereocenters. The highest BCUT2D eigenvalue weighted by atomic mass is 35.5. The molecule has 0 aliphatic carbocycles. The van der Waals surface area contributed by atoms with Crippen LogP contribution in [0.25, 0.3) is 0 Å². The number of halogens is 4. The smallest absolute Gasteiger partial charge is 0.324 e. The number of anilines is 2. The molecular formula is C18H18ClF3N2O3S. The van der Waals surface area contributed by atoms with Gasteiger partial charge >= 0.3 is 6.18 Å². The van der Waals surface area contributed by atoms with E-state index in [2.05, 4.69) is 5.32 Å². The molecule has 28 heavy (non-hydrogen) atoms. The number of alkyl halides is 3. The van der Waals surface area contributed by atoms with Gasteiger partial charge in [-0.3, -0.25) is 9.10 Å². The number of carbonyl (C=O) groups excluding carboxylic acids is 1. The fourth-order valence-corrected chi connectivity index (χ4v) is 4.07. The first-order chi connectivity index (χ1) is 12.8. The van der Waals surface area contributed by atoms with E-state index in [0.29, 0.717) is 5.56 Å². The number of nitrogens with zero attached hydrogens (tertiary/aromatic N) is 1. The predicted octanol–water partition coefficient (Wildman–Crippen LogP) is 4.46. The van der Waals surface area contributed by atoms with Crippen molar-refractivity contribution in [3.63, 3.8) is 0 Å². The number of nitrogens with one attached hydrogen (secondary N) is 1. The van der Waals surface area contributed by atoms with Crippen LogP contribution in [0.4, 0.5) is 24.5 Å². The van der Waals surface area contributed by atoms with Crippen LogP contribution in [0.3, 0.4) is 0 Å². The van der Waals surface area contributed by atoms with E-state index in [1.54, 1.807) is 19.1 Å². The average Bonchev–Trinajstić information content (AvgIpc) is 2.56. The molecule has 2 aromatic rings. The fraction of sp³-hybridized carbons (Fsp3) is 0.278. The van der Waals surface area contributed by atoms with Crippen LogP contribution in [0.15, 0.2) is 42.5 Å². The number of carbonyl (C=O) groups is 1. The largest absolute Gasteiger partial charge is 0.418 e. The summed E-state index contributed by atoms with van der Waals surface area (Å²) < 4.78 is 64.9. The third-order valence-electron chi connectivity index (χ3n) is 3.99. The molecule has 0 saturated heterocycles. The first-order valence-electron chi connectivity index (χ1n) is 8.05. The number of para-hydroxylation sites is 1. The molecule has 152 valence electrons. The van der Waals surface area contributed by atoms with Gasteiger partial charge in [-0.25, -0.2) is 8.42 Å². The number of sulfonamides is 1. The Labute approximate surface area is 166 Å². The lowest BCUT2D eigenvalue weighted by atomic mass is 10.1. The molecule has 0 spiro atoms. The van der Waals surface area contributed by atoms with Crippen molar-refractivity contribution < 1.29 is 26.4 Å². The zero-order valence-electron chi connectivity index (χ0n) is 15.2. The summed E-state index contributed by atoms with van der Waals surface area (Å²) in [6, 6.07) is 7.66. The number of amides is 1. The minimum atomic E-state index is -4.67. The molecular weight excluding hydrogens is 417 g/mol. The van der Waals surface area contributed by atoms with E-state index in [1.807, 2.05) is 0 Å². The maximum atomic E-state index is 13.1. The van der Waals surface area contributed by atoms with Gasteiger partial charge in [0, 0.05) is 5.02 Å². The van der Waals surface area contributed by atoms with Crippen LogP contribution in [0.5, 0.6) is 0 Å². The lowest BCUT2D eigenvalue weighted by Crippen LogP contribution is -2.45. The number of hydrogen-bond donors (Lipinski definition) is 1. The Morgan fingerprint density at radius 3 is 2.36 bits per heavy atom. The van der Waals surface area contributed by atoms with E-state index in [1.165, 1.54) is 25.1 Å². The Balaban J connectivity index is 2.43. The molecule has 1 unspecified atom stereocenters. The van der Waals surface area contributed by atoms with Gasteiger partial charge in [-0.2, -0.15) is 13.2 Å². The number of rotatable bonds is 5.